The molecule has 0 bridgehead atoms. The highest BCUT2D eigenvalue weighted by Crippen LogP contribution is 2.30. The third-order valence-electron chi connectivity index (χ3n) is 4.24. The van der Waals surface area contributed by atoms with Crippen molar-refractivity contribution in [3.05, 3.63) is 59.8 Å². The van der Waals surface area contributed by atoms with E-state index in [-0.39, 0.29) is 12.3 Å². The van der Waals surface area contributed by atoms with Crippen LogP contribution in [-0.4, -0.2) is 24.3 Å². The number of aldehydes is 1. The number of halogens is 3. The van der Waals surface area contributed by atoms with Crippen molar-refractivity contribution >= 4 is 17.2 Å². The topological polar surface area (TPSA) is 40.5 Å². The minimum Gasteiger partial charge on any atom is -0.497 e. The van der Waals surface area contributed by atoms with Crippen LogP contribution in [0.4, 0.5) is 13.2 Å². The first-order valence-corrected chi connectivity index (χ1v) is 8.34. The summed E-state index contributed by atoms with van der Waals surface area (Å²) in [6, 6.07) is 11.6. The van der Waals surface area contributed by atoms with Gasteiger partial charge < -0.3 is 18.8 Å². The Bertz CT molecular complexity index is 947. The summed E-state index contributed by atoms with van der Waals surface area (Å²) < 4.78 is 49.3. The zero-order valence-corrected chi connectivity index (χ0v) is 14.6. The van der Waals surface area contributed by atoms with Gasteiger partial charge in [-0.2, -0.15) is 0 Å². The molecule has 0 aliphatic carbocycles. The second-order valence-electron chi connectivity index (χ2n) is 6.03. The lowest BCUT2D eigenvalue weighted by Gasteiger charge is -2.14. The lowest BCUT2D eigenvalue weighted by atomic mass is 10.1. The number of aromatic nitrogens is 1. The molecule has 0 atom stereocenters. The van der Waals surface area contributed by atoms with Crippen LogP contribution in [0.2, 0.25) is 0 Å². The van der Waals surface area contributed by atoms with Crippen LogP contribution in [-0.2, 0) is 17.8 Å². The van der Waals surface area contributed by atoms with Crippen molar-refractivity contribution in [1.82, 2.24) is 4.57 Å². The molecule has 0 N–H and O–H groups in total. The van der Waals surface area contributed by atoms with Gasteiger partial charge in [0, 0.05) is 29.1 Å². The zero-order chi connectivity index (χ0) is 19.4. The Morgan fingerprint density at radius 2 is 1.89 bits per heavy atom. The standard InChI is InChI=1S/C20H18F3NO3/c1-26-16-8-9-18-17(11-16)14(6-4-10-25)12-24(18)13-15-5-2-3-7-19(15)27-20(21,22)23/h2-3,5,7-12H,4,6,13H2,1H3. The average molecular weight is 377 g/mol. The van der Waals surface area contributed by atoms with Gasteiger partial charge in [-0.15, -0.1) is 13.2 Å². The number of para-hydroxylation sites is 1. The number of benzene rings is 2. The fourth-order valence-corrected chi connectivity index (χ4v) is 3.06. The number of carbonyl (C=O) groups is 1. The molecule has 3 aromatic rings. The van der Waals surface area contributed by atoms with Crippen molar-refractivity contribution in [2.75, 3.05) is 7.11 Å². The molecule has 0 spiro atoms. The summed E-state index contributed by atoms with van der Waals surface area (Å²) in [5.41, 5.74) is 2.19. The number of rotatable bonds is 7. The van der Waals surface area contributed by atoms with Crippen LogP contribution in [0.3, 0.4) is 0 Å². The Morgan fingerprint density at radius 1 is 1.11 bits per heavy atom. The smallest absolute Gasteiger partial charge is 0.497 e. The van der Waals surface area contributed by atoms with Crippen molar-refractivity contribution in [2.24, 2.45) is 0 Å². The molecule has 0 amide bonds. The second-order valence-corrected chi connectivity index (χ2v) is 6.03. The number of hydrogen-bond donors (Lipinski definition) is 0. The van der Waals surface area contributed by atoms with Crippen molar-refractivity contribution in [1.29, 1.82) is 0 Å². The number of fused-ring (bicyclic) bond motifs is 1. The fourth-order valence-electron chi connectivity index (χ4n) is 3.06. The number of carbonyl (C=O) groups excluding carboxylic acids is 1. The Kier molecular flexibility index (Phi) is 5.39. The minimum atomic E-state index is -4.75. The zero-order valence-electron chi connectivity index (χ0n) is 14.6. The number of hydrogen-bond acceptors (Lipinski definition) is 3. The summed E-state index contributed by atoms with van der Waals surface area (Å²) in [6.07, 6.45) is -1.14. The van der Waals surface area contributed by atoms with Gasteiger partial charge in [0.05, 0.1) is 13.7 Å². The van der Waals surface area contributed by atoms with Gasteiger partial charge in [0.1, 0.15) is 17.8 Å². The van der Waals surface area contributed by atoms with E-state index in [0.717, 1.165) is 22.8 Å². The molecular weight excluding hydrogens is 359 g/mol. The monoisotopic (exact) mass is 377 g/mol. The summed E-state index contributed by atoms with van der Waals surface area (Å²) in [5, 5.41) is 0.908. The van der Waals surface area contributed by atoms with E-state index in [0.29, 0.717) is 24.2 Å². The van der Waals surface area contributed by atoms with Crippen molar-refractivity contribution in [3.63, 3.8) is 0 Å². The highest BCUT2D eigenvalue weighted by molar-refractivity contribution is 5.85. The van der Waals surface area contributed by atoms with Crippen LogP contribution in [0.25, 0.3) is 10.9 Å². The molecule has 0 saturated heterocycles. The van der Waals surface area contributed by atoms with E-state index < -0.39 is 6.36 Å². The molecule has 0 aliphatic rings. The molecule has 0 radical (unpaired) electrons. The number of alkyl halides is 3. The molecule has 4 nitrogen and oxygen atoms in total. The first-order chi connectivity index (χ1) is 12.9. The summed E-state index contributed by atoms with van der Waals surface area (Å²) >= 11 is 0. The molecule has 2 aromatic carbocycles. The quantitative estimate of drug-likeness (QED) is 0.559. The lowest BCUT2D eigenvalue weighted by Crippen LogP contribution is -2.18. The van der Waals surface area contributed by atoms with Gasteiger partial charge in [-0.3, -0.25) is 0 Å². The number of methoxy groups -OCH3 is 1. The molecule has 0 aliphatic heterocycles. The highest BCUT2D eigenvalue weighted by atomic mass is 19.4. The lowest BCUT2D eigenvalue weighted by molar-refractivity contribution is -0.274. The van der Waals surface area contributed by atoms with Gasteiger partial charge in [0.25, 0.3) is 0 Å². The normalized spacial score (nSPS) is 11.6. The first-order valence-electron chi connectivity index (χ1n) is 8.34. The number of aryl methyl sites for hydroxylation is 1. The van der Waals surface area contributed by atoms with E-state index in [4.69, 9.17) is 4.74 Å². The molecule has 0 unspecified atom stereocenters. The molecule has 1 heterocycles. The van der Waals surface area contributed by atoms with Crippen LogP contribution in [0.1, 0.15) is 17.5 Å². The van der Waals surface area contributed by atoms with Crippen LogP contribution >= 0.6 is 0 Å². The van der Waals surface area contributed by atoms with Gasteiger partial charge in [-0.05, 0) is 36.2 Å². The third-order valence-corrected chi connectivity index (χ3v) is 4.24. The van der Waals surface area contributed by atoms with E-state index in [1.54, 1.807) is 25.3 Å². The fraction of sp³-hybridized carbons (Fsp3) is 0.250. The van der Waals surface area contributed by atoms with Gasteiger partial charge in [-0.1, -0.05) is 18.2 Å². The van der Waals surface area contributed by atoms with Gasteiger partial charge in [0.2, 0.25) is 0 Å². The van der Waals surface area contributed by atoms with E-state index in [9.17, 15) is 18.0 Å². The van der Waals surface area contributed by atoms with Gasteiger partial charge in [-0.25, -0.2) is 0 Å². The van der Waals surface area contributed by atoms with Gasteiger partial charge in [0.15, 0.2) is 0 Å². The maximum absolute atomic E-state index is 12.7. The van der Waals surface area contributed by atoms with E-state index in [1.807, 2.05) is 22.9 Å². The van der Waals surface area contributed by atoms with E-state index in [1.165, 1.54) is 12.1 Å². The Morgan fingerprint density at radius 3 is 2.59 bits per heavy atom. The SMILES string of the molecule is COc1ccc2c(c1)c(CCC=O)cn2Cc1ccccc1OC(F)(F)F. The Hall–Kier alpha value is -2.96. The van der Waals surface area contributed by atoms with Gasteiger partial charge >= 0.3 is 6.36 Å². The Labute approximate surface area is 154 Å². The molecule has 27 heavy (non-hydrogen) atoms. The van der Waals surface area contributed by atoms with Crippen LogP contribution < -0.4 is 9.47 Å². The maximum atomic E-state index is 12.7. The predicted octanol–water partition coefficient (Wildman–Crippen LogP) is 4.73. The largest absolute Gasteiger partial charge is 0.573 e. The van der Waals surface area contributed by atoms with Crippen molar-refractivity contribution in [3.8, 4) is 11.5 Å². The maximum Gasteiger partial charge on any atom is 0.573 e. The molecule has 1 aromatic heterocycles. The third kappa shape index (κ3) is 4.42. The molecule has 142 valence electrons. The van der Waals surface area contributed by atoms with Crippen molar-refractivity contribution < 1.29 is 27.4 Å². The molecule has 0 fully saturated rings. The molecule has 7 heteroatoms. The summed E-state index contributed by atoms with van der Waals surface area (Å²) in [5.74, 6) is 0.447. The van der Waals surface area contributed by atoms with Crippen LogP contribution in [0, 0.1) is 0 Å². The van der Waals surface area contributed by atoms with Crippen LogP contribution in [0.5, 0.6) is 11.5 Å². The average Bonchev–Trinajstić information content (AvgIpc) is 2.97. The van der Waals surface area contributed by atoms with Crippen LogP contribution in [0.15, 0.2) is 48.7 Å². The van der Waals surface area contributed by atoms with Crippen molar-refractivity contribution in [2.45, 2.75) is 25.7 Å². The second kappa shape index (κ2) is 7.73. The molecule has 0 saturated carbocycles. The summed E-state index contributed by atoms with van der Waals surface area (Å²) in [6.45, 7) is 0.205. The molecular formula is C20H18F3NO3. The Balaban J connectivity index is 2.01. The number of ether oxygens (including phenoxy) is 2. The summed E-state index contributed by atoms with van der Waals surface area (Å²) in [4.78, 5) is 10.8. The number of nitrogens with zero attached hydrogens (tertiary/aromatic N) is 1. The minimum absolute atomic E-state index is 0.205. The van der Waals surface area contributed by atoms with E-state index in [2.05, 4.69) is 4.74 Å². The molecule has 3 rings (SSSR count). The highest BCUT2D eigenvalue weighted by Gasteiger charge is 2.32. The summed E-state index contributed by atoms with van der Waals surface area (Å²) in [7, 11) is 1.56. The van der Waals surface area contributed by atoms with E-state index >= 15 is 0 Å². The predicted molar refractivity (Wildman–Crippen MR) is 95.1 cm³/mol. The first kappa shape index (κ1) is 18.8.